The predicted octanol–water partition coefficient (Wildman–Crippen LogP) is 1.27. The van der Waals surface area contributed by atoms with Crippen molar-refractivity contribution in [2.75, 3.05) is 39.3 Å². The molecule has 3 amide bonds. The summed E-state index contributed by atoms with van der Waals surface area (Å²) in [4.78, 5) is 26.8. The summed E-state index contributed by atoms with van der Waals surface area (Å²) in [7, 11) is 0. The largest absolute Gasteiger partial charge is 0.450 e. The molecule has 104 valence electrons. The molecule has 1 rings (SSSR count). The van der Waals surface area contributed by atoms with Gasteiger partial charge in [-0.2, -0.15) is 0 Å². The van der Waals surface area contributed by atoms with Crippen LogP contribution in [0.25, 0.3) is 0 Å². The standard InChI is InChI=1S/C12H23N3O3/c1-3-6-13-11(16)14-7-5-8-15(10-9-14)12(17)18-4-2/h3-10H2,1-2H3,(H,13,16). The Bertz CT molecular complexity index is 284. The topological polar surface area (TPSA) is 61.9 Å². The first-order chi connectivity index (χ1) is 8.69. The first-order valence-electron chi connectivity index (χ1n) is 6.63. The molecule has 1 saturated heterocycles. The lowest BCUT2D eigenvalue weighted by atomic mass is 10.4. The molecule has 6 nitrogen and oxygen atoms in total. The highest BCUT2D eigenvalue weighted by Gasteiger charge is 2.22. The van der Waals surface area contributed by atoms with Gasteiger partial charge in [0.25, 0.3) is 0 Å². The monoisotopic (exact) mass is 257 g/mol. The SMILES string of the molecule is CCCNC(=O)N1CCCN(C(=O)OCC)CC1. The van der Waals surface area contributed by atoms with E-state index in [1.165, 1.54) is 0 Å². The Hall–Kier alpha value is -1.46. The maximum absolute atomic E-state index is 11.8. The molecule has 0 aliphatic carbocycles. The van der Waals surface area contributed by atoms with Crippen molar-refractivity contribution in [2.45, 2.75) is 26.7 Å². The number of hydrogen-bond donors (Lipinski definition) is 1. The summed E-state index contributed by atoms with van der Waals surface area (Å²) in [5, 5.41) is 2.85. The van der Waals surface area contributed by atoms with Gasteiger partial charge in [-0.25, -0.2) is 9.59 Å². The van der Waals surface area contributed by atoms with E-state index < -0.39 is 0 Å². The van der Waals surface area contributed by atoms with Crippen LogP contribution in [0, 0.1) is 0 Å². The summed E-state index contributed by atoms with van der Waals surface area (Å²) < 4.78 is 4.97. The van der Waals surface area contributed by atoms with Crippen LogP contribution in [0.2, 0.25) is 0 Å². The van der Waals surface area contributed by atoms with Gasteiger partial charge in [-0.05, 0) is 19.8 Å². The molecule has 0 unspecified atom stereocenters. The highest BCUT2D eigenvalue weighted by molar-refractivity contribution is 5.74. The number of amides is 3. The summed E-state index contributed by atoms with van der Waals surface area (Å²) >= 11 is 0. The molecule has 0 saturated carbocycles. The predicted molar refractivity (Wildman–Crippen MR) is 68.5 cm³/mol. The van der Waals surface area contributed by atoms with Crippen molar-refractivity contribution in [1.82, 2.24) is 15.1 Å². The number of urea groups is 1. The molecule has 0 aromatic rings. The Morgan fingerprint density at radius 1 is 1.11 bits per heavy atom. The van der Waals surface area contributed by atoms with Gasteiger partial charge < -0.3 is 19.9 Å². The number of ether oxygens (including phenoxy) is 1. The Morgan fingerprint density at radius 3 is 2.44 bits per heavy atom. The van der Waals surface area contributed by atoms with Gasteiger partial charge >= 0.3 is 12.1 Å². The molecule has 1 aliphatic heterocycles. The van der Waals surface area contributed by atoms with Crippen molar-refractivity contribution in [2.24, 2.45) is 0 Å². The number of carbonyl (C=O) groups is 2. The highest BCUT2D eigenvalue weighted by atomic mass is 16.6. The van der Waals surface area contributed by atoms with Crippen molar-refractivity contribution < 1.29 is 14.3 Å². The summed E-state index contributed by atoms with van der Waals surface area (Å²) in [5.41, 5.74) is 0. The van der Waals surface area contributed by atoms with Gasteiger partial charge in [0.1, 0.15) is 0 Å². The molecule has 1 N–H and O–H groups in total. The third kappa shape index (κ3) is 4.43. The van der Waals surface area contributed by atoms with Crippen molar-refractivity contribution in [3.8, 4) is 0 Å². The molecule has 0 spiro atoms. The van der Waals surface area contributed by atoms with Gasteiger partial charge in [-0.1, -0.05) is 6.92 Å². The average Bonchev–Trinajstić information content (AvgIpc) is 2.62. The second-order valence-corrected chi connectivity index (χ2v) is 4.26. The van der Waals surface area contributed by atoms with Crippen molar-refractivity contribution in [1.29, 1.82) is 0 Å². The Kier molecular flexibility index (Phi) is 6.32. The Morgan fingerprint density at radius 2 is 1.78 bits per heavy atom. The zero-order chi connectivity index (χ0) is 13.4. The van der Waals surface area contributed by atoms with E-state index in [2.05, 4.69) is 5.32 Å². The van der Waals surface area contributed by atoms with E-state index in [0.717, 1.165) is 12.8 Å². The molecule has 0 radical (unpaired) electrons. The van der Waals surface area contributed by atoms with E-state index in [1.807, 2.05) is 6.92 Å². The van der Waals surface area contributed by atoms with E-state index in [9.17, 15) is 9.59 Å². The minimum Gasteiger partial charge on any atom is -0.450 e. The van der Waals surface area contributed by atoms with E-state index in [0.29, 0.717) is 39.3 Å². The fourth-order valence-electron chi connectivity index (χ4n) is 1.86. The first kappa shape index (κ1) is 14.6. The molecular weight excluding hydrogens is 234 g/mol. The zero-order valence-corrected chi connectivity index (χ0v) is 11.3. The van der Waals surface area contributed by atoms with Crippen LogP contribution in [-0.4, -0.2) is 61.3 Å². The smallest absolute Gasteiger partial charge is 0.409 e. The van der Waals surface area contributed by atoms with Gasteiger partial charge in [0.05, 0.1) is 6.61 Å². The van der Waals surface area contributed by atoms with E-state index in [1.54, 1.807) is 16.7 Å². The maximum Gasteiger partial charge on any atom is 0.409 e. The van der Waals surface area contributed by atoms with E-state index >= 15 is 0 Å². The van der Waals surface area contributed by atoms with Gasteiger partial charge in [0.15, 0.2) is 0 Å². The van der Waals surface area contributed by atoms with Crippen LogP contribution in [-0.2, 0) is 4.74 Å². The summed E-state index contributed by atoms with van der Waals surface area (Å²) in [6.07, 6.45) is 1.43. The van der Waals surface area contributed by atoms with Crippen molar-refractivity contribution >= 4 is 12.1 Å². The summed E-state index contributed by atoms with van der Waals surface area (Å²) in [6, 6.07) is -0.0393. The van der Waals surface area contributed by atoms with Crippen LogP contribution in [0.4, 0.5) is 9.59 Å². The minimum absolute atomic E-state index is 0.0393. The molecule has 6 heteroatoms. The summed E-state index contributed by atoms with van der Waals surface area (Å²) in [6.45, 7) is 7.33. The first-order valence-corrected chi connectivity index (χ1v) is 6.63. The van der Waals surface area contributed by atoms with Gasteiger partial charge in [0.2, 0.25) is 0 Å². The summed E-state index contributed by atoms with van der Waals surface area (Å²) in [5.74, 6) is 0. The quantitative estimate of drug-likeness (QED) is 0.828. The van der Waals surface area contributed by atoms with Crippen LogP contribution < -0.4 is 5.32 Å². The van der Waals surface area contributed by atoms with Gasteiger partial charge in [0, 0.05) is 32.7 Å². The second-order valence-electron chi connectivity index (χ2n) is 4.26. The number of nitrogens with one attached hydrogen (secondary N) is 1. The van der Waals surface area contributed by atoms with Gasteiger partial charge in [-0.3, -0.25) is 0 Å². The lowest BCUT2D eigenvalue weighted by molar-refractivity contribution is 0.108. The fraction of sp³-hybridized carbons (Fsp3) is 0.833. The molecule has 1 aliphatic rings. The van der Waals surface area contributed by atoms with Crippen molar-refractivity contribution in [3.63, 3.8) is 0 Å². The second kappa shape index (κ2) is 7.79. The van der Waals surface area contributed by atoms with Crippen LogP contribution in [0.5, 0.6) is 0 Å². The number of carbonyl (C=O) groups excluding carboxylic acids is 2. The lowest BCUT2D eigenvalue weighted by Gasteiger charge is -2.21. The molecular formula is C12H23N3O3. The molecule has 0 aromatic heterocycles. The Labute approximate surface area is 108 Å². The molecule has 0 bridgehead atoms. The highest BCUT2D eigenvalue weighted by Crippen LogP contribution is 2.05. The van der Waals surface area contributed by atoms with Gasteiger partial charge in [-0.15, -0.1) is 0 Å². The third-order valence-corrected chi connectivity index (χ3v) is 2.84. The maximum atomic E-state index is 11.8. The van der Waals surface area contributed by atoms with E-state index in [-0.39, 0.29) is 12.1 Å². The molecule has 0 atom stereocenters. The van der Waals surface area contributed by atoms with Crippen LogP contribution in [0.3, 0.4) is 0 Å². The number of nitrogens with zero attached hydrogens (tertiary/aromatic N) is 2. The molecule has 18 heavy (non-hydrogen) atoms. The van der Waals surface area contributed by atoms with Crippen LogP contribution in [0.15, 0.2) is 0 Å². The lowest BCUT2D eigenvalue weighted by Crippen LogP contribution is -2.42. The van der Waals surface area contributed by atoms with Crippen LogP contribution >= 0.6 is 0 Å². The van der Waals surface area contributed by atoms with E-state index in [4.69, 9.17) is 4.74 Å². The molecule has 0 aromatic carbocycles. The third-order valence-electron chi connectivity index (χ3n) is 2.84. The minimum atomic E-state index is -0.284. The fourth-order valence-corrected chi connectivity index (χ4v) is 1.86. The Balaban J connectivity index is 2.40. The number of rotatable bonds is 3. The molecule has 1 heterocycles. The molecule has 1 fully saturated rings. The normalized spacial score (nSPS) is 16.1. The average molecular weight is 257 g/mol. The zero-order valence-electron chi connectivity index (χ0n) is 11.3. The van der Waals surface area contributed by atoms with Crippen LogP contribution in [0.1, 0.15) is 26.7 Å². The number of hydrogen-bond acceptors (Lipinski definition) is 3. The van der Waals surface area contributed by atoms with Crippen molar-refractivity contribution in [3.05, 3.63) is 0 Å².